The van der Waals surface area contributed by atoms with Crippen LogP contribution in [0.15, 0.2) is 24.3 Å². The Morgan fingerprint density at radius 3 is 3.00 bits per heavy atom. The van der Waals surface area contributed by atoms with E-state index in [-0.39, 0.29) is 23.9 Å². The number of carbonyl (C=O) groups is 1. The number of morpholine rings is 1. The largest absolute Gasteiger partial charge is 0.371 e. The molecule has 1 fully saturated rings. The molecule has 1 aromatic carbocycles. The van der Waals surface area contributed by atoms with Crippen LogP contribution in [-0.4, -0.2) is 41.4 Å². The van der Waals surface area contributed by atoms with Crippen LogP contribution in [0.4, 0.5) is 4.39 Å². The van der Waals surface area contributed by atoms with Gasteiger partial charge in [-0.1, -0.05) is 22.0 Å². The first kappa shape index (κ1) is 13.5. The van der Waals surface area contributed by atoms with E-state index in [4.69, 9.17) is 4.74 Å². The van der Waals surface area contributed by atoms with E-state index < -0.39 is 0 Å². The van der Waals surface area contributed by atoms with E-state index in [0.717, 1.165) is 0 Å². The third-order valence-corrected chi connectivity index (χ3v) is 3.58. The zero-order valence-corrected chi connectivity index (χ0v) is 11.7. The minimum atomic E-state index is -0.390. The van der Waals surface area contributed by atoms with Gasteiger partial charge in [0.1, 0.15) is 5.82 Å². The lowest BCUT2D eigenvalue weighted by atomic mass is 10.1. The van der Waals surface area contributed by atoms with Crippen LogP contribution in [0.5, 0.6) is 0 Å². The van der Waals surface area contributed by atoms with Crippen molar-refractivity contribution in [2.75, 3.05) is 18.4 Å². The highest BCUT2D eigenvalue weighted by atomic mass is 79.9. The molecular weight excluding hydrogens is 301 g/mol. The van der Waals surface area contributed by atoms with Crippen molar-refractivity contribution in [3.05, 3.63) is 35.6 Å². The van der Waals surface area contributed by atoms with Gasteiger partial charge in [0.25, 0.3) is 5.91 Å². The Hall–Kier alpha value is -0.940. The topological polar surface area (TPSA) is 29.5 Å². The van der Waals surface area contributed by atoms with Crippen molar-refractivity contribution >= 4 is 21.8 Å². The van der Waals surface area contributed by atoms with Crippen LogP contribution in [0.2, 0.25) is 0 Å². The minimum Gasteiger partial charge on any atom is -0.371 e. The molecule has 1 aliphatic rings. The Labute approximate surface area is 114 Å². The van der Waals surface area contributed by atoms with Crippen molar-refractivity contribution in [1.82, 2.24) is 4.90 Å². The Kier molecular flexibility index (Phi) is 4.35. The third kappa shape index (κ3) is 3.09. The molecule has 18 heavy (non-hydrogen) atoms. The van der Waals surface area contributed by atoms with Gasteiger partial charge in [0.05, 0.1) is 12.2 Å². The molecule has 0 N–H and O–H groups in total. The Morgan fingerprint density at radius 1 is 1.56 bits per heavy atom. The first-order valence-corrected chi connectivity index (χ1v) is 6.98. The molecule has 0 saturated carbocycles. The van der Waals surface area contributed by atoms with Gasteiger partial charge in [0.2, 0.25) is 0 Å². The summed E-state index contributed by atoms with van der Waals surface area (Å²) >= 11 is 3.36. The molecule has 0 aromatic heterocycles. The fraction of sp³-hybridized carbons (Fsp3) is 0.462. The fourth-order valence-corrected chi connectivity index (χ4v) is 2.46. The summed E-state index contributed by atoms with van der Waals surface area (Å²) in [5.74, 6) is -0.533. The quantitative estimate of drug-likeness (QED) is 0.785. The van der Waals surface area contributed by atoms with Crippen molar-refractivity contribution in [2.45, 2.75) is 19.1 Å². The number of benzene rings is 1. The lowest BCUT2D eigenvalue weighted by Gasteiger charge is -2.36. The standard InChI is InChI=1S/C13H15BrFNO2/c1-9-7-16(8-12(6-14)18-9)13(17)10-3-2-4-11(15)5-10/h2-5,9,12H,6-8H2,1H3. The second-order valence-corrected chi connectivity index (χ2v) is 5.09. The lowest BCUT2D eigenvalue weighted by molar-refractivity contribution is -0.0559. The van der Waals surface area contributed by atoms with Gasteiger partial charge in [-0.05, 0) is 25.1 Å². The maximum atomic E-state index is 13.1. The SMILES string of the molecule is CC1CN(C(=O)c2cccc(F)c2)CC(CBr)O1. The van der Waals surface area contributed by atoms with Crippen LogP contribution in [0.3, 0.4) is 0 Å². The summed E-state index contributed by atoms with van der Waals surface area (Å²) in [6.45, 7) is 3.00. The molecule has 98 valence electrons. The third-order valence-electron chi connectivity index (χ3n) is 2.86. The van der Waals surface area contributed by atoms with E-state index in [1.165, 1.54) is 12.1 Å². The second kappa shape index (κ2) is 5.80. The smallest absolute Gasteiger partial charge is 0.254 e. The Balaban J connectivity index is 2.13. The molecule has 1 heterocycles. The number of hydrogen-bond acceptors (Lipinski definition) is 2. The number of amides is 1. The van der Waals surface area contributed by atoms with E-state index in [1.54, 1.807) is 17.0 Å². The van der Waals surface area contributed by atoms with Gasteiger partial charge in [0, 0.05) is 24.0 Å². The summed E-state index contributed by atoms with van der Waals surface area (Å²) in [7, 11) is 0. The summed E-state index contributed by atoms with van der Waals surface area (Å²) in [6, 6.07) is 5.79. The normalized spacial score (nSPS) is 24.1. The number of rotatable bonds is 2. The molecule has 0 bridgehead atoms. The van der Waals surface area contributed by atoms with Gasteiger partial charge in [0.15, 0.2) is 0 Å². The van der Waals surface area contributed by atoms with Gasteiger partial charge in [-0.3, -0.25) is 4.79 Å². The van der Waals surface area contributed by atoms with E-state index >= 15 is 0 Å². The maximum Gasteiger partial charge on any atom is 0.254 e. The van der Waals surface area contributed by atoms with Gasteiger partial charge < -0.3 is 9.64 Å². The van der Waals surface area contributed by atoms with Crippen LogP contribution in [0.25, 0.3) is 0 Å². The average Bonchev–Trinajstić information content (AvgIpc) is 2.37. The fourth-order valence-electron chi connectivity index (χ4n) is 2.10. The molecule has 0 radical (unpaired) electrons. The predicted molar refractivity (Wildman–Crippen MR) is 70.4 cm³/mol. The zero-order valence-electron chi connectivity index (χ0n) is 10.1. The van der Waals surface area contributed by atoms with Crippen LogP contribution >= 0.6 is 15.9 Å². The highest BCUT2D eigenvalue weighted by Gasteiger charge is 2.28. The first-order valence-electron chi connectivity index (χ1n) is 5.86. The van der Waals surface area contributed by atoms with Crippen molar-refractivity contribution < 1.29 is 13.9 Å². The van der Waals surface area contributed by atoms with E-state index in [2.05, 4.69) is 15.9 Å². The molecule has 0 spiro atoms. The number of carbonyl (C=O) groups excluding carboxylic acids is 1. The summed E-state index contributed by atoms with van der Waals surface area (Å²) in [5.41, 5.74) is 0.387. The number of ether oxygens (including phenoxy) is 1. The Morgan fingerprint density at radius 2 is 2.33 bits per heavy atom. The molecule has 1 saturated heterocycles. The number of alkyl halides is 1. The van der Waals surface area contributed by atoms with Gasteiger partial charge in [-0.2, -0.15) is 0 Å². The molecule has 2 atom stereocenters. The van der Waals surface area contributed by atoms with Crippen LogP contribution in [-0.2, 0) is 4.74 Å². The average molecular weight is 316 g/mol. The van der Waals surface area contributed by atoms with Crippen LogP contribution < -0.4 is 0 Å². The van der Waals surface area contributed by atoms with Crippen molar-refractivity contribution in [3.8, 4) is 0 Å². The zero-order chi connectivity index (χ0) is 13.1. The molecule has 1 aliphatic heterocycles. The maximum absolute atomic E-state index is 13.1. The van der Waals surface area contributed by atoms with Crippen molar-refractivity contribution in [2.24, 2.45) is 0 Å². The van der Waals surface area contributed by atoms with E-state index in [9.17, 15) is 9.18 Å². The molecule has 1 amide bonds. The minimum absolute atomic E-state index is 0.00110. The molecule has 3 nitrogen and oxygen atoms in total. The number of hydrogen-bond donors (Lipinski definition) is 0. The summed E-state index contributed by atoms with van der Waals surface area (Å²) < 4.78 is 18.8. The number of halogens is 2. The van der Waals surface area contributed by atoms with E-state index in [1.807, 2.05) is 6.92 Å². The van der Waals surface area contributed by atoms with E-state index in [0.29, 0.717) is 24.0 Å². The van der Waals surface area contributed by atoms with Crippen molar-refractivity contribution in [1.29, 1.82) is 0 Å². The van der Waals surface area contributed by atoms with Crippen molar-refractivity contribution in [3.63, 3.8) is 0 Å². The molecule has 0 aliphatic carbocycles. The summed E-state index contributed by atoms with van der Waals surface area (Å²) in [4.78, 5) is 14.0. The van der Waals surface area contributed by atoms with Gasteiger partial charge in [-0.15, -0.1) is 0 Å². The lowest BCUT2D eigenvalue weighted by Crippen LogP contribution is -2.49. The molecule has 1 aromatic rings. The summed E-state index contributed by atoms with van der Waals surface area (Å²) in [6.07, 6.45) is -0.00920. The highest BCUT2D eigenvalue weighted by Crippen LogP contribution is 2.16. The van der Waals surface area contributed by atoms with Gasteiger partial charge >= 0.3 is 0 Å². The molecule has 5 heteroatoms. The predicted octanol–water partition coefficient (Wildman–Crippen LogP) is 2.45. The highest BCUT2D eigenvalue weighted by molar-refractivity contribution is 9.09. The summed E-state index contributed by atoms with van der Waals surface area (Å²) in [5, 5.41) is 0.685. The molecular formula is C13H15BrFNO2. The van der Waals surface area contributed by atoms with Crippen LogP contribution in [0.1, 0.15) is 17.3 Å². The monoisotopic (exact) mass is 315 g/mol. The molecule has 2 rings (SSSR count). The second-order valence-electron chi connectivity index (χ2n) is 4.44. The Bertz CT molecular complexity index is 441. The molecule has 2 unspecified atom stereocenters. The van der Waals surface area contributed by atoms with Gasteiger partial charge in [-0.25, -0.2) is 4.39 Å². The number of nitrogens with zero attached hydrogens (tertiary/aromatic N) is 1. The first-order chi connectivity index (χ1) is 8.60. The van der Waals surface area contributed by atoms with Crippen LogP contribution in [0, 0.1) is 5.82 Å².